The lowest BCUT2D eigenvalue weighted by molar-refractivity contribution is -0.00608. The highest BCUT2D eigenvalue weighted by Crippen LogP contribution is 2.22. The summed E-state index contributed by atoms with van der Waals surface area (Å²) in [7, 11) is 0. The van der Waals surface area contributed by atoms with Gasteiger partial charge in [-0.1, -0.05) is 46.0 Å². The summed E-state index contributed by atoms with van der Waals surface area (Å²) < 4.78 is 6.02. The van der Waals surface area contributed by atoms with Crippen LogP contribution in [0.5, 0.6) is 0 Å². The van der Waals surface area contributed by atoms with Crippen LogP contribution in [0.2, 0.25) is 0 Å². The molecule has 16 heavy (non-hydrogen) atoms. The molecule has 3 atom stereocenters. The summed E-state index contributed by atoms with van der Waals surface area (Å²) in [5, 5.41) is 0. The minimum absolute atomic E-state index is 0.289. The van der Waals surface area contributed by atoms with Gasteiger partial charge >= 0.3 is 0 Å². The molecule has 96 valence electrons. The number of rotatable bonds is 7. The van der Waals surface area contributed by atoms with Gasteiger partial charge in [0.25, 0.3) is 0 Å². The average Bonchev–Trinajstić information content (AvgIpc) is 2.31. The minimum atomic E-state index is 0.289. The minimum Gasteiger partial charge on any atom is -0.376 e. The molecule has 0 aromatic heterocycles. The maximum atomic E-state index is 6.08. The van der Waals surface area contributed by atoms with Crippen molar-refractivity contribution in [1.29, 1.82) is 0 Å². The van der Waals surface area contributed by atoms with Gasteiger partial charge in [-0.2, -0.15) is 0 Å². The first-order valence-corrected chi connectivity index (χ1v) is 7.15. The number of hydrogen-bond donors (Lipinski definition) is 1. The second kappa shape index (κ2) is 8.08. The van der Waals surface area contributed by atoms with Gasteiger partial charge in [0.2, 0.25) is 0 Å². The van der Waals surface area contributed by atoms with Crippen LogP contribution in [-0.4, -0.2) is 18.8 Å². The summed E-state index contributed by atoms with van der Waals surface area (Å²) in [6.45, 7) is 5.45. The first-order chi connectivity index (χ1) is 7.77. The molecule has 0 aliphatic heterocycles. The van der Waals surface area contributed by atoms with Crippen molar-refractivity contribution < 1.29 is 4.74 Å². The van der Waals surface area contributed by atoms with Crippen molar-refractivity contribution in [3.8, 4) is 0 Å². The van der Waals surface area contributed by atoms with E-state index in [0.29, 0.717) is 6.10 Å². The Balaban J connectivity index is 2.19. The number of ether oxygens (including phenoxy) is 1. The Hall–Kier alpha value is -0.0800. The Bertz CT molecular complexity index is 172. The number of hydrogen-bond acceptors (Lipinski definition) is 2. The predicted molar refractivity (Wildman–Crippen MR) is 69.5 cm³/mol. The molecular weight excluding hydrogens is 198 g/mol. The molecule has 1 aliphatic rings. The van der Waals surface area contributed by atoms with E-state index in [-0.39, 0.29) is 6.04 Å². The van der Waals surface area contributed by atoms with Gasteiger partial charge < -0.3 is 10.5 Å². The zero-order valence-electron chi connectivity index (χ0n) is 11.1. The largest absolute Gasteiger partial charge is 0.376 e. The molecule has 0 aromatic carbocycles. The quantitative estimate of drug-likeness (QED) is 0.722. The fourth-order valence-electron chi connectivity index (χ4n) is 2.49. The van der Waals surface area contributed by atoms with Crippen molar-refractivity contribution in [2.75, 3.05) is 6.61 Å². The fraction of sp³-hybridized carbons (Fsp3) is 1.00. The molecule has 1 aliphatic carbocycles. The van der Waals surface area contributed by atoms with Crippen LogP contribution in [0.4, 0.5) is 0 Å². The molecular formula is C14H29NO. The van der Waals surface area contributed by atoms with Crippen molar-refractivity contribution in [3.05, 3.63) is 0 Å². The van der Waals surface area contributed by atoms with Gasteiger partial charge in [-0.05, 0) is 25.2 Å². The molecule has 0 saturated heterocycles. The molecule has 0 heterocycles. The van der Waals surface area contributed by atoms with Gasteiger partial charge in [0.05, 0.1) is 6.10 Å². The molecule has 1 saturated carbocycles. The Morgan fingerprint density at radius 3 is 2.62 bits per heavy atom. The molecule has 0 amide bonds. The topological polar surface area (TPSA) is 35.2 Å². The lowest BCUT2D eigenvalue weighted by atomic mass is 9.93. The van der Waals surface area contributed by atoms with Gasteiger partial charge in [-0.15, -0.1) is 0 Å². The van der Waals surface area contributed by atoms with E-state index in [0.717, 1.165) is 18.9 Å². The molecule has 3 unspecified atom stereocenters. The summed E-state index contributed by atoms with van der Waals surface area (Å²) >= 11 is 0. The normalized spacial score (nSPS) is 27.9. The van der Waals surface area contributed by atoms with Crippen LogP contribution in [-0.2, 0) is 4.74 Å². The lowest BCUT2D eigenvalue weighted by Gasteiger charge is -2.30. The zero-order valence-corrected chi connectivity index (χ0v) is 11.1. The Labute approximate surface area is 101 Å². The third kappa shape index (κ3) is 4.84. The second-order valence-corrected chi connectivity index (χ2v) is 5.24. The van der Waals surface area contributed by atoms with Crippen molar-refractivity contribution >= 4 is 0 Å². The van der Waals surface area contributed by atoms with Crippen molar-refractivity contribution in [1.82, 2.24) is 0 Å². The Kier molecular flexibility index (Phi) is 7.06. The second-order valence-electron chi connectivity index (χ2n) is 5.24. The molecule has 2 N–H and O–H groups in total. The highest BCUT2D eigenvalue weighted by Gasteiger charge is 2.23. The molecule has 2 heteroatoms. The highest BCUT2D eigenvalue weighted by molar-refractivity contribution is 4.78. The van der Waals surface area contributed by atoms with Crippen LogP contribution in [0.25, 0.3) is 0 Å². The standard InChI is InChI=1S/C14H29NO/c1-3-5-8-12(4-2)11-16-14-10-7-6-9-13(14)15/h12-14H,3-11,15H2,1-2H3. The van der Waals surface area contributed by atoms with E-state index in [9.17, 15) is 0 Å². The highest BCUT2D eigenvalue weighted by atomic mass is 16.5. The molecule has 0 radical (unpaired) electrons. The van der Waals surface area contributed by atoms with Gasteiger partial charge in [0, 0.05) is 12.6 Å². The van der Waals surface area contributed by atoms with Gasteiger partial charge in [0.1, 0.15) is 0 Å². The van der Waals surface area contributed by atoms with E-state index in [1.165, 1.54) is 44.9 Å². The number of unbranched alkanes of at least 4 members (excludes halogenated alkanes) is 1. The van der Waals surface area contributed by atoms with Crippen LogP contribution in [0, 0.1) is 5.92 Å². The molecule has 2 nitrogen and oxygen atoms in total. The van der Waals surface area contributed by atoms with Crippen LogP contribution >= 0.6 is 0 Å². The molecule has 1 fully saturated rings. The van der Waals surface area contributed by atoms with Crippen LogP contribution in [0.1, 0.15) is 65.2 Å². The third-order valence-corrected chi connectivity index (χ3v) is 3.84. The smallest absolute Gasteiger partial charge is 0.0726 e. The van der Waals surface area contributed by atoms with E-state index in [2.05, 4.69) is 13.8 Å². The third-order valence-electron chi connectivity index (χ3n) is 3.84. The molecule has 1 rings (SSSR count). The molecule has 0 bridgehead atoms. The molecule has 0 spiro atoms. The fourth-order valence-corrected chi connectivity index (χ4v) is 2.49. The van der Waals surface area contributed by atoms with Crippen LogP contribution in [0.3, 0.4) is 0 Å². The van der Waals surface area contributed by atoms with E-state index in [1.807, 2.05) is 0 Å². The Morgan fingerprint density at radius 1 is 1.25 bits per heavy atom. The summed E-state index contributed by atoms with van der Waals surface area (Å²) in [6.07, 6.45) is 10.4. The summed E-state index contributed by atoms with van der Waals surface area (Å²) in [6, 6.07) is 0.289. The summed E-state index contributed by atoms with van der Waals surface area (Å²) in [5.41, 5.74) is 6.08. The summed E-state index contributed by atoms with van der Waals surface area (Å²) in [4.78, 5) is 0. The first kappa shape index (κ1) is 14.0. The lowest BCUT2D eigenvalue weighted by Crippen LogP contribution is -2.40. The van der Waals surface area contributed by atoms with E-state index in [4.69, 9.17) is 10.5 Å². The predicted octanol–water partition coefficient (Wildman–Crippen LogP) is 3.49. The number of nitrogens with two attached hydrogens (primary N) is 1. The average molecular weight is 227 g/mol. The van der Waals surface area contributed by atoms with Crippen molar-refractivity contribution in [3.63, 3.8) is 0 Å². The zero-order chi connectivity index (χ0) is 11.8. The summed E-state index contributed by atoms with van der Waals surface area (Å²) in [5.74, 6) is 0.745. The van der Waals surface area contributed by atoms with Crippen LogP contribution < -0.4 is 5.73 Å². The van der Waals surface area contributed by atoms with Gasteiger partial charge in [0.15, 0.2) is 0 Å². The van der Waals surface area contributed by atoms with E-state index in [1.54, 1.807) is 0 Å². The van der Waals surface area contributed by atoms with Crippen molar-refractivity contribution in [2.45, 2.75) is 77.4 Å². The van der Waals surface area contributed by atoms with Gasteiger partial charge in [-0.3, -0.25) is 0 Å². The van der Waals surface area contributed by atoms with Gasteiger partial charge in [-0.25, -0.2) is 0 Å². The first-order valence-electron chi connectivity index (χ1n) is 7.15. The Morgan fingerprint density at radius 2 is 2.00 bits per heavy atom. The monoisotopic (exact) mass is 227 g/mol. The van der Waals surface area contributed by atoms with E-state index < -0.39 is 0 Å². The van der Waals surface area contributed by atoms with Crippen molar-refractivity contribution in [2.24, 2.45) is 11.7 Å². The van der Waals surface area contributed by atoms with E-state index >= 15 is 0 Å². The maximum absolute atomic E-state index is 6.08. The maximum Gasteiger partial charge on any atom is 0.0726 e. The molecule has 0 aromatic rings. The van der Waals surface area contributed by atoms with Crippen LogP contribution in [0.15, 0.2) is 0 Å². The SMILES string of the molecule is CCCCC(CC)COC1CCCCC1N.